The number of halogens is 1. The van der Waals surface area contributed by atoms with Crippen molar-refractivity contribution in [1.29, 1.82) is 0 Å². The summed E-state index contributed by atoms with van der Waals surface area (Å²) in [5.41, 5.74) is 0.436. The minimum Gasteiger partial charge on any atom is -0.497 e. The number of carbonyl (C=O) groups is 2. The lowest BCUT2D eigenvalue weighted by Gasteiger charge is -2.28. The Morgan fingerprint density at radius 3 is 2.18 bits per heavy atom. The van der Waals surface area contributed by atoms with Crippen LogP contribution in [-0.4, -0.2) is 37.9 Å². The molecular weight excluding hydrogens is 439 g/mol. The third-order valence-electron chi connectivity index (χ3n) is 5.99. The molecule has 1 aliphatic carbocycles. The molecule has 0 amide bonds. The molecule has 2 aromatic carbocycles. The van der Waals surface area contributed by atoms with E-state index in [1.165, 1.54) is 0 Å². The van der Waals surface area contributed by atoms with Gasteiger partial charge in [0.25, 0.3) is 0 Å². The lowest BCUT2D eigenvalue weighted by atomic mass is 9.88. The van der Waals surface area contributed by atoms with E-state index >= 15 is 0 Å². The van der Waals surface area contributed by atoms with Crippen LogP contribution in [0.1, 0.15) is 62.2 Å². The van der Waals surface area contributed by atoms with Crippen LogP contribution >= 0.6 is 0 Å². The van der Waals surface area contributed by atoms with Gasteiger partial charge in [0.2, 0.25) is 0 Å². The molecular formula is C27H33FO6. The Morgan fingerprint density at radius 1 is 0.941 bits per heavy atom. The van der Waals surface area contributed by atoms with Crippen molar-refractivity contribution in [3.63, 3.8) is 0 Å². The summed E-state index contributed by atoms with van der Waals surface area (Å²) in [6.45, 7) is 2.52. The first-order valence-electron chi connectivity index (χ1n) is 11.9. The largest absolute Gasteiger partial charge is 0.497 e. The third kappa shape index (κ3) is 7.75. The van der Waals surface area contributed by atoms with Gasteiger partial charge >= 0.3 is 11.9 Å². The molecule has 1 aliphatic rings. The van der Waals surface area contributed by atoms with E-state index in [0.717, 1.165) is 32.1 Å². The Balaban J connectivity index is 1.37. The Morgan fingerprint density at radius 2 is 1.56 bits per heavy atom. The van der Waals surface area contributed by atoms with E-state index in [2.05, 4.69) is 0 Å². The van der Waals surface area contributed by atoms with Gasteiger partial charge in [-0.15, -0.1) is 0 Å². The van der Waals surface area contributed by atoms with Crippen molar-refractivity contribution in [1.82, 2.24) is 0 Å². The Bertz CT molecular complexity index is 904. The van der Waals surface area contributed by atoms with Gasteiger partial charge in [-0.3, -0.25) is 0 Å². The fourth-order valence-electron chi connectivity index (χ4n) is 3.87. The van der Waals surface area contributed by atoms with Crippen molar-refractivity contribution < 1.29 is 32.9 Å². The van der Waals surface area contributed by atoms with E-state index in [1.807, 2.05) is 6.92 Å². The van der Waals surface area contributed by atoms with Gasteiger partial charge in [-0.2, -0.15) is 0 Å². The zero-order valence-electron chi connectivity index (χ0n) is 19.8. The van der Waals surface area contributed by atoms with Crippen molar-refractivity contribution in [3.8, 4) is 17.2 Å². The number of benzene rings is 2. The third-order valence-corrected chi connectivity index (χ3v) is 5.99. The van der Waals surface area contributed by atoms with E-state index < -0.39 is 18.1 Å². The Labute approximate surface area is 200 Å². The highest BCUT2D eigenvalue weighted by molar-refractivity contribution is 5.91. The molecule has 2 aromatic rings. The topological polar surface area (TPSA) is 71.1 Å². The molecule has 0 aromatic heterocycles. The first-order valence-corrected chi connectivity index (χ1v) is 11.9. The van der Waals surface area contributed by atoms with E-state index in [4.69, 9.17) is 18.9 Å². The van der Waals surface area contributed by atoms with Crippen molar-refractivity contribution >= 4 is 11.9 Å². The maximum absolute atomic E-state index is 13.8. The summed E-state index contributed by atoms with van der Waals surface area (Å²) in [4.78, 5) is 24.1. The summed E-state index contributed by atoms with van der Waals surface area (Å²) < 4.78 is 35.5. The van der Waals surface area contributed by atoms with Gasteiger partial charge in [-0.05, 0) is 86.6 Å². The lowest BCUT2D eigenvalue weighted by molar-refractivity contribution is -0.157. The summed E-state index contributed by atoms with van der Waals surface area (Å²) in [7, 11) is 1.57. The molecule has 1 fully saturated rings. The average Bonchev–Trinajstić information content (AvgIpc) is 2.87. The molecule has 0 saturated heterocycles. The highest BCUT2D eigenvalue weighted by Gasteiger charge is 2.27. The number of ether oxygens (including phenoxy) is 4. The highest BCUT2D eigenvalue weighted by Crippen LogP contribution is 2.28. The van der Waals surface area contributed by atoms with Crippen LogP contribution in [0.3, 0.4) is 0 Å². The number of methoxy groups -OCH3 is 1. The smallest absolute Gasteiger partial charge is 0.343 e. The van der Waals surface area contributed by atoms with Crippen LogP contribution in [-0.2, 0) is 9.53 Å². The number of carbonyl (C=O) groups excluding carboxylic acids is 2. The molecule has 0 aliphatic heterocycles. The van der Waals surface area contributed by atoms with Gasteiger partial charge in [0.1, 0.15) is 23.4 Å². The minimum atomic E-state index is -1.51. The number of alkyl halides is 1. The number of esters is 2. The molecule has 0 radical (unpaired) electrons. The van der Waals surface area contributed by atoms with Crippen molar-refractivity contribution in [2.24, 2.45) is 5.92 Å². The molecule has 1 atom stereocenters. The molecule has 0 N–H and O–H groups in total. The molecule has 7 heteroatoms. The van der Waals surface area contributed by atoms with E-state index in [9.17, 15) is 14.0 Å². The standard InChI is InChI=1S/C27H33FO6/c1-3-4-5-25(28)27(30)34-23-10-6-19(7-11-23)18-32-22-14-16-24(17-15-22)33-26(29)20-8-12-21(31-2)13-9-20/h8-9,12-17,19,23,25H,3-7,10-11,18H2,1-2H3/t19?,23?,25-/m0/s1. The summed E-state index contributed by atoms with van der Waals surface area (Å²) in [5, 5.41) is 0. The second-order valence-electron chi connectivity index (χ2n) is 8.59. The van der Waals surface area contributed by atoms with Crippen LogP contribution in [0, 0.1) is 5.92 Å². The maximum atomic E-state index is 13.8. The normalized spacial score (nSPS) is 18.6. The molecule has 184 valence electrons. The van der Waals surface area contributed by atoms with Crippen LogP contribution in [0.5, 0.6) is 17.2 Å². The van der Waals surface area contributed by atoms with Gasteiger partial charge in [0, 0.05) is 0 Å². The molecule has 34 heavy (non-hydrogen) atoms. The SMILES string of the molecule is CCCC[C@H](F)C(=O)OC1CCC(COc2ccc(OC(=O)c3ccc(OC)cc3)cc2)CC1. The van der Waals surface area contributed by atoms with Crippen molar-refractivity contribution in [2.75, 3.05) is 13.7 Å². The number of hydrogen-bond donors (Lipinski definition) is 0. The number of unbranched alkanes of at least 4 members (excludes halogenated alkanes) is 1. The molecule has 1 saturated carbocycles. The first-order chi connectivity index (χ1) is 16.5. The molecule has 0 unspecified atom stereocenters. The minimum absolute atomic E-state index is 0.205. The van der Waals surface area contributed by atoms with E-state index in [0.29, 0.717) is 41.8 Å². The molecule has 6 nitrogen and oxygen atoms in total. The molecule has 0 heterocycles. The zero-order chi connectivity index (χ0) is 24.3. The van der Waals surface area contributed by atoms with Gasteiger partial charge < -0.3 is 18.9 Å². The van der Waals surface area contributed by atoms with Crippen LogP contribution < -0.4 is 14.2 Å². The fraction of sp³-hybridized carbons (Fsp3) is 0.481. The van der Waals surface area contributed by atoms with E-state index in [1.54, 1.807) is 55.6 Å². The molecule has 0 spiro atoms. The van der Waals surface area contributed by atoms with Gasteiger partial charge in [0.05, 0.1) is 19.3 Å². The second kappa shape index (κ2) is 13.0. The second-order valence-corrected chi connectivity index (χ2v) is 8.59. The highest BCUT2D eigenvalue weighted by atomic mass is 19.1. The predicted molar refractivity (Wildman–Crippen MR) is 126 cm³/mol. The zero-order valence-corrected chi connectivity index (χ0v) is 19.8. The van der Waals surface area contributed by atoms with Crippen LogP contribution in [0.2, 0.25) is 0 Å². The van der Waals surface area contributed by atoms with E-state index in [-0.39, 0.29) is 12.5 Å². The van der Waals surface area contributed by atoms with Gasteiger partial charge in [-0.25, -0.2) is 14.0 Å². The number of hydrogen-bond acceptors (Lipinski definition) is 6. The van der Waals surface area contributed by atoms with Gasteiger partial charge in [-0.1, -0.05) is 19.8 Å². The van der Waals surface area contributed by atoms with Crippen LogP contribution in [0.4, 0.5) is 4.39 Å². The Kier molecular flexibility index (Phi) is 9.74. The van der Waals surface area contributed by atoms with Crippen LogP contribution in [0.25, 0.3) is 0 Å². The fourth-order valence-corrected chi connectivity index (χ4v) is 3.87. The molecule has 0 bridgehead atoms. The van der Waals surface area contributed by atoms with Crippen molar-refractivity contribution in [3.05, 3.63) is 54.1 Å². The molecule has 3 rings (SSSR count). The quantitative estimate of drug-likeness (QED) is 0.298. The summed E-state index contributed by atoms with van der Waals surface area (Å²) in [6.07, 6.45) is 3.23. The monoisotopic (exact) mass is 472 g/mol. The summed E-state index contributed by atoms with van der Waals surface area (Å²) in [5.74, 6) is 0.973. The average molecular weight is 473 g/mol. The van der Waals surface area contributed by atoms with Crippen molar-refractivity contribution in [2.45, 2.75) is 64.1 Å². The summed E-state index contributed by atoms with van der Waals surface area (Å²) in [6, 6.07) is 13.6. The summed E-state index contributed by atoms with van der Waals surface area (Å²) >= 11 is 0. The number of rotatable bonds is 11. The predicted octanol–water partition coefficient (Wildman–Crippen LogP) is 5.92. The van der Waals surface area contributed by atoms with Gasteiger partial charge in [0.15, 0.2) is 6.17 Å². The first kappa shape index (κ1) is 25.5. The Hall–Kier alpha value is -3.09. The maximum Gasteiger partial charge on any atom is 0.343 e. The lowest BCUT2D eigenvalue weighted by Crippen LogP contribution is -2.30. The van der Waals surface area contributed by atoms with Crippen LogP contribution in [0.15, 0.2) is 48.5 Å².